The molecule has 0 aromatic carbocycles. The standard InChI is InChI=1S/C13H24N2O5/c1-5-9(8(2)3)14-13(19)15-10(12(17)18)6-7-11(16)20-4/h8-10H,5-7H2,1-4H3,(H,17,18)(H2,14,15,19)/t9?,10-/m1/s1. The number of esters is 1. The highest BCUT2D eigenvalue weighted by molar-refractivity contribution is 5.83. The Balaban J connectivity index is 4.40. The minimum atomic E-state index is -1.18. The molecule has 7 nitrogen and oxygen atoms in total. The Labute approximate surface area is 119 Å². The number of methoxy groups -OCH3 is 1. The summed E-state index contributed by atoms with van der Waals surface area (Å²) < 4.78 is 4.44. The van der Waals surface area contributed by atoms with Crippen molar-refractivity contribution in [3.05, 3.63) is 0 Å². The Morgan fingerprint density at radius 1 is 1.20 bits per heavy atom. The van der Waals surface area contributed by atoms with Crippen molar-refractivity contribution in [1.82, 2.24) is 10.6 Å². The lowest BCUT2D eigenvalue weighted by atomic mass is 10.0. The van der Waals surface area contributed by atoms with E-state index in [9.17, 15) is 14.4 Å². The summed E-state index contributed by atoms with van der Waals surface area (Å²) in [6.45, 7) is 5.89. The maximum atomic E-state index is 11.7. The van der Waals surface area contributed by atoms with E-state index in [2.05, 4.69) is 15.4 Å². The first-order valence-electron chi connectivity index (χ1n) is 6.68. The van der Waals surface area contributed by atoms with E-state index in [-0.39, 0.29) is 24.8 Å². The zero-order chi connectivity index (χ0) is 15.7. The molecule has 0 aliphatic carbocycles. The normalized spacial score (nSPS) is 13.4. The van der Waals surface area contributed by atoms with Gasteiger partial charge in [0, 0.05) is 12.5 Å². The van der Waals surface area contributed by atoms with Crippen LogP contribution in [0.4, 0.5) is 4.79 Å². The Hall–Kier alpha value is -1.79. The highest BCUT2D eigenvalue weighted by atomic mass is 16.5. The molecule has 0 saturated carbocycles. The van der Waals surface area contributed by atoms with Crippen molar-refractivity contribution in [3.8, 4) is 0 Å². The molecule has 0 bridgehead atoms. The third-order valence-corrected chi connectivity index (χ3v) is 3.03. The monoisotopic (exact) mass is 288 g/mol. The maximum Gasteiger partial charge on any atom is 0.326 e. The van der Waals surface area contributed by atoms with Gasteiger partial charge in [-0.25, -0.2) is 9.59 Å². The van der Waals surface area contributed by atoms with E-state index in [0.717, 1.165) is 6.42 Å². The Morgan fingerprint density at radius 3 is 2.20 bits per heavy atom. The van der Waals surface area contributed by atoms with E-state index >= 15 is 0 Å². The van der Waals surface area contributed by atoms with Gasteiger partial charge in [0.15, 0.2) is 0 Å². The van der Waals surface area contributed by atoms with Crippen LogP contribution in [0.25, 0.3) is 0 Å². The number of nitrogens with one attached hydrogen (secondary N) is 2. The zero-order valence-electron chi connectivity index (χ0n) is 12.4. The summed E-state index contributed by atoms with van der Waals surface area (Å²) in [7, 11) is 1.23. The van der Waals surface area contributed by atoms with Gasteiger partial charge in [-0.2, -0.15) is 0 Å². The first kappa shape index (κ1) is 18.2. The summed E-state index contributed by atoms with van der Waals surface area (Å²) in [5.41, 5.74) is 0. The number of ether oxygens (including phenoxy) is 1. The number of carbonyl (C=O) groups is 3. The van der Waals surface area contributed by atoms with Crippen LogP contribution < -0.4 is 10.6 Å². The number of amides is 2. The number of hydrogen-bond acceptors (Lipinski definition) is 4. The molecule has 3 N–H and O–H groups in total. The number of urea groups is 1. The second kappa shape index (κ2) is 9.17. The van der Waals surface area contributed by atoms with Crippen molar-refractivity contribution < 1.29 is 24.2 Å². The third kappa shape index (κ3) is 6.96. The second-order valence-corrected chi connectivity index (χ2v) is 4.88. The van der Waals surface area contributed by atoms with Crippen LogP contribution in [-0.2, 0) is 14.3 Å². The quantitative estimate of drug-likeness (QED) is 0.581. The van der Waals surface area contributed by atoms with E-state index < -0.39 is 24.0 Å². The largest absolute Gasteiger partial charge is 0.480 e. The molecule has 0 aliphatic heterocycles. The minimum absolute atomic E-state index is 0.00605. The lowest BCUT2D eigenvalue weighted by molar-refractivity contribution is -0.142. The van der Waals surface area contributed by atoms with Crippen molar-refractivity contribution in [2.45, 2.75) is 52.1 Å². The van der Waals surface area contributed by atoms with Gasteiger partial charge in [-0.15, -0.1) is 0 Å². The molecule has 2 amide bonds. The van der Waals surface area contributed by atoms with Crippen LogP contribution in [0.5, 0.6) is 0 Å². The molecule has 0 heterocycles. The molecular weight excluding hydrogens is 264 g/mol. The van der Waals surface area contributed by atoms with Crippen molar-refractivity contribution in [2.24, 2.45) is 5.92 Å². The molecule has 7 heteroatoms. The summed E-state index contributed by atoms with van der Waals surface area (Å²) in [5, 5.41) is 14.1. The van der Waals surface area contributed by atoms with Crippen LogP contribution in [0.3, 0.4) is 0 Å². The van der Waals surface area contributed by atoms with Gasteiger partial charge in [-0.3, -0.25) is 4.79 Å². The van der Waals surface area contributed by atoms with Crippen molar-refractivity contribution in [1.29, 1.82) is 0 Å². The predicted octanol–water partition coefficient (Wildman–Crippen LogP) is 1.13. The molecule has 0 aromatic heterocycles. The summed E-state index contributed by atoms with van der Waals surface area (Å²) in [4.78, 5) is 33.8. The van der Waals surface area contributed by atoms with Crippen LogP contribution in [0.2, 0.25) is 0 Å². The Kier molecular flexibility index (Phi) is 8.35. The van der Waals surface area contributed by atoms with Crippen molar-refractivity contribution in [3.63, 3.8) is 0 Å². The van der Waals surface area contributed by atoms with E-state index in [1.165, 1.54) is 7.11 Å². The molecule has 20 heavy (non-hydrogen) atoms. The molecule has 0 aromatic rings. The first-order valence-corrected chi connectivity index (χ1v) is 6.68. The van der Waals surface area contributed by atoms with Gasteiger partial charge in [0.05, 0.1) is 7.11 Å². The number of rotatable bonds is 8. The predicted molar refractivity (Wildman–Crippen MR) is 73.3 cm³/mol. The van der Waals surface area contributed by atoms with Gasteiger partial charge in [0.25, 0.3) is 0 Å². The van der Waals surface area contributed by atoms with Gasteiger partial charge in [0.2, 0.25) is 0 Å². The fourth-order valence-electron chi connectivity index (χ4n) is 1.73. The molecule has 0 radical (unpaired) electrons. The number of carboxylic acid groups (broad SMARTS) is 1. The van der Waals surface area contributed by atoms with Gasteiger partial charge in [-0.05, 0) is 18.8 Å². The highest BCUT2D eigenvalue weighted by Crippen LogP contribution is 2.05. The van der Waals surface area contributed by atoms with E-state index in [1.807, 2.05) is 20.8 Å². The number of aliphatic carboxylic acids is 1. The van der Waals surface area contributed by atoms with Crippen molar-refractivity contribution >= 4 is 18.0 Å². The molecule has 0 rings (SSSR count). The van der Waals surface area contributed by atoms with Crippen LogP contribution in [-0.4, -0.2) is 42.3 Å². The average Bonchev–Trinajstić information content (AvgIpc) is 2.39. The minimum Gasteiger partial charge on any atom is -0.480 e. The van der Waals surface area contributed by atoms with Crippen LogP contribution >= 0.6 is 0 Å². The number of carbonyl (C=O) groups excluding carboxylic acids is 2. The fraction of sp³-hybridized carbons (Fsp3) is 0.769. The molecule has 116 valence electrons. The molecule has 0 fully saturated rings. The summed E-state index contributed by atoms with van der Waals surface area (Å²) in [5.74, 6) is -1.43. The van der Waals surface area contributed by atoms with Crippen LogP contribution in [0.15, 0.2) is 0 Å². The molecule has 0 spiro atoms. The third-order valence-electron chi connectivity index (χ3n) is 3.03. The number of hydrogen-bond donors (Lipinski definition) is 3. The molecule has 1 unspecified atom stereocenters. The zero-order valence-corrected chi connectivity index (χ0v) is 12.4. The van der Waals surface area contributed by atoms with Crippen LogP contribution in [0, 0.1) is 5.92 Å². The highest BCUT2D eigenvalue weighted by Gasteiger charge is 2.22. The number of carboxylic acids is 1. The van der Waals surface area contributed by atoms with Crippen LogP contribution in [0.1, 0.15) is 40.0 Å². The maximum absolute atomic E-state index is 11.7. The lowest BCUT2D eigenvalue weighted by Crippen LogP contribution is -2.50. The molecule has 2 atom stereocenters. The van der Waals surface area contributed by atoms with Gasteiger partial charge in [-0.1, -0.05) is 20.8 Å². The van der Waals surface area contributed by atoms with Crippen molar-refractivity contribution in [2.75, 3.05) is 7.11 Å². The topological polar surface area (TPSA) is 105 Å². The van der Waals surface area contributed by atoms with Gasteiger partial charge >= 0.3 is 18.0 Å². The van der Waals surface area contributed by atoms with Gasteiger partial charge in [0.1, 0.15) is 6.04 Å². The Morgan fingerprint density at radius 2 is 1.80 bits per heavy atom. The average molecular weight is 288 g/mol. The van der Waals surface area contributed by atoms with E-state index in [1.54, 1.807) is 0 Å². The summed E-state index contributed by atoms with van der Waals surface area (Å²) >= 11 is 0. The van der Waals surface area contributed by atoms with Gasteiger partial charge < -0.3 is 20.5 Å². The second-order valence-electron chi connectivity index (χ2n) is 4.88. The summed E-state index contributed by atoms with van der Waals surface area (Å²) in [6.07, 6.45) is 0.689. The smallest absolute Gasteiger partial charge is 0.326 e. The first-order chi connectivity index (χ1) is 9.31. The Bertz CT molecular complexity index is 344. The molecule has 0 saturated heterocycles. The SMILES string of the molecule is CCC(NC(=O)N[C@H](CCC(=O)OC)C(=O)O)C(C)C. The fourth-order valence-corrected chi connectivity index (χ4v) is 1.73. The molecule has 0 aliphatic rings. The lowest BCUT2D eigenvalue weighted by Gasteiger charge is -2.22. The summed E-state index contributed by atoms with van der Waals surface area (Å²) in [6, 6.07) is -1.67. The molecular formula is C13H24N2O5. The van der Waals surface area contributed by atoms with E-state index in [0.29, 0.717) is 0 Å². The van der Waals surface area contributed by atoms with E-state index in [4.69, 9.17) is 5.11 Å².